The molecule has 194 valence electrons. The lowest BCUT2D eigenvalue weighted by molar-refractivity contribution is -0.338. The van der Waals surface area contributed by atoms with Gasteiger partial charge in [-0.15, -0.1) is 0 Å². The average Bonchev–Trinajstić information content (AvgIpc) is 3.27. The van der Waals surface area contributed by atoms with Gasteiger partial charge in [-0.3, -0.25) is 0 Å². The second kappa shape index (κ2) is 8.98. The minimum atomic E-state index is -2.35. The van der Waals surface area contributed by atoms with Crippen molar-refractivity contribution in [3.05, 3.63) is 41.5 Å². The lowest BCUT2D eigenvalue weighted by Gasteiger charge is -2.46. The molecule has 7 unspecified atom stereocenters. The van der Waals surface area contributed by atoms with Crippen LogP contribution in [0.1, 0.15) is 23.1 Å². The van der Waals surface area contributed by atoms with Crippen LogP contribution in [0.3, 0.4) is 0 Å². The quantitative estimate of drug-likeness (QED) is 0.354. The van der Waals surface area contributed by atoms with Gasteiger partial charge in [0.25, 0.3) is 5.79 Å². The predicted octanol–water partition coefficient (Wildman–Crippen LogP) is -0.0530. The summed E-state index contributed by atoms with van der Waals surface area (Å²) in [6.45, 7) is -0.732. The Hall–Kier alpha value is -3.29. The van der Waals surface area contributed by atoms with E-state index in [2.05, 4.69) is 0 Å². The Morgan fingerprint density at radius 2 is 1.83 bits per heavy atom. The Bertz CT molecular complexity index is 1170. The smallest absolute Gasteiger partial charge is 0.335 e. The van der Waals surface area contributed by atoms with Gasteiger partial charge in [-0.2, -0.15) is 0 Å². The number of rotatable bonds is 6. The van der Waals surface area contributed by atoms with Crippen LogP contribution >= 0.6 is 0 Å². The first-order valence-electron chi connectivity index (χ1n) is 11.2. The van der Waals surface area contributed by atoms with E-state index in [1.807, 2.05) is 6.07 Å². The standard InChI is InChI=1S/C24H26O12/c1-31-14-6-5-11-13-8-33-15-7-10(3-4-12(15)18(13)34-19(11)20(14)32-2)35-24(9-25)22(28)17(27)16(26)21(36-24)23(29)30/h3-7,13,16-18,21-22,25-28H,8-9H2,1-2H3,(H,29,30). The van der Waals surface area contributed by atoms with E-state index in [1.165, 1.54) is 26.4 Å². The molecular formula is C24H26O12. The fraction of sp³-hybridized carbons (Fsp3) is 0.458. The van der Waals surface area contributed by atoms with Crippen molar-refractivity contribution in [2.24, 2.45) is 0 Å². The van der Waals surface area contributed by atoms with Crippen LogP contribution in [0.2, 0.25) is 0 Å². The lowest BCUT2D eigenvalue weighted by Crippen LogP contribution is -2.69. The van der Waals surface area contributed by atoms with Gasteiger partial charge >= 0.3 is 5.97 Å². The van der Waals surface area contributed by atoms with E-state index in [0.717, 1.165) is 5.56 Å². The largest absolute Gasteiger partial charge is 0.493 e. The minimum absolute atomic E-state index is 0.0581. The Balaban J connectivity index is 1.44. The number of hydrogen-bond acceptors (Lipinski definition) is 11. The zero-order valence-corrected chi connectivity index (χ0v) is 19.4. The Labute approximate surface area is 205 Å². The van der Waals surface area contributed by atoms with Gasteiger partial charge in [-0.05, 0) is 18.2 Å². The highest BCUT2D eigenvalue weighted by Gasteiger charge is 2.57. The van der Waals surface area contributed by atoms with E-state index in [0.29, 0.717) is 28.6 Å². The van der Waals surface area contributed by atoms with E-state index in [4.69, 9.17) is 28.4 Å². The first kappa shape index (κ1) is 24.4. The molecule has 3 aliphatic heterocycles. The Morgan fingerprint density at radius 1 is 1.08 bits per heavy atom. The number of fused-ring (bicyclic) bond motifs is 5. The van der Waals surface area contributed by atoms with E-state index in [9.17, 15) is 30.3 Å². The maximum Gasteiger partial charge on any atom is 0.335 e. The molecule has 0 amide bonds. The highest BCUT2D eigenvalue weighted by atomic mass is 16.7. The summed E-state index contributed by atoms with van der Waals surface area (Å²) in [4.78, 5) is 11.5. The number of methoxy groups -OCH3 is 2. The number of aliphatic hydroxyl groups is 4. The van der Waals surface area contributed by atoms with Crippen molar-refractivity contribution in [3.8, 4) is 28.7 Å². The number of aliphatic carboxylic acids is 1. The molecule has 7 atom stereocenters. The van der Waals surface area contributed by atoms with Crippen LogP contribution in [0.15, 0.2) is 30.3 Å². The lowest BCUT2D eigenvalue weighted by atomic mass is 9.89. The second-order valence-electron chi connectivity index (χ2n) is 8.75. The topological polar surface area (TPSA) is 174 Å². The molecule has 2 aromatic carbocycles. The van der Waals surface area contributed by atoms with Crippen molar-refractivity contribution in [1.82, 2.24) is 0 Å². The van der Waals surface area contributed by atoms with E-state index in [-0.39, 0.29) is 18.3 Å². The molecule has 1 fully saturated rings. The molecule has 0 radical (unpaired) electrons. The predicted molar refractivity (Wildman–Crippen MR) is 119 cm³/mol. The summed E-state index contributed by atoms with van der Waals surface area (Å²) >= 11 is 0. The van der Waals surface area contributed by atoms with Crippen LogP contribution in [0.25, 0.3) is 0 Å². The van der Waals surface area contributed by atoms with Gasteiger partial charge in [0.2, 0.25) is 5.75 Å². The molecular weight excluding hydrogens is 480 g/mol. The van der Waals surface area contributed by atoms with Crippen LogP contribution in [-0.2, 0) is 9.53 Å². The zero-order chi connectivity index (χ0) is 25.8. The molecule has 1 saturated heterocycles. The third kappa shape index (κ3) is 3.61. The normalized spacial score (nSPS) is 32.3. The number of aliphatic hydroxyl groups excluding tert-OH is 4. The Kier molecular flexibility index (Phi) is 6.09. The van der Waals surface area contributed by atoms with Crippen LogP contribution in [0.4, 0.5) is 0 Å². The molecule has 5 N–H and O–H groups in total. The van der Waals surface area contributed by atoms with Crippen LogP contribution in [0, 0.1) is 0 Å². The number of hydrogen-bond donors (Lipinski definition) is 5. The molecule has 0 saturated carbocycles. The van der Waals surface area contributed by atoms with E-state index < -0.39 is 48.9 Å². The summed E-state index contributed by atoms with van der Waals surface area (Å²) in [6, 6.07) is 8.37. The van der Waals surface area contributed by atoms with E-state index in [1.54, 1.807) is 12.1 Å². The van der Waals surface area contributed by atoms with Crippen molar-refractivity contribution in [2.75, 3.05) is 27.4 Å². The zero-order valence-electron chi connectivity index (χ0n) is 19.4. The SMILES string of the molecule is COc1ccc2c(c1OC)OC1c3ccc(OC4(CO)OC(C(=O)O)C(O)C(O)C4O)cc3OCC21. The monoisotopic (exact) mass is 506 g/mol. The minimum Gasteiger partial charge on any atom is -0.493 e. The third-order valence-corrected chi connectivity index (χ3v) is 6.77. The van der Waals surface area contributed by atoms with Crippen molar-refractivity contribution in [3.63, 3.8) is 0 Å². The highest BCUT2D eigenvalue weighted by molar-refractivity contribution is 5.73. The molecule has 5 rings (SSSR count). The summed E-state index contributed by atoms with van der Waals surface area (Å²) in [5, 5.41) is 49.9. The first-order chi connectivity index (χ1) is 17.2. The molecule has 0 bridgehead atoms. The van der Waals surface area contributed by atoms with Gasteiger partial charge < -0.3 is 54.0 Å². The summed E-state index contributed by atoms with van der Waals surface area (Å²) in [5.41, 5.74) is 1.62. The second-order valence-corrected chi connectivity index (χ2v) is 8.75. The van der Waals surface area contributed by atoms with Crippen molar-refractivity contribution >= 4 is 5.97 Å². The van der Waals surface area contributed by atoms with Crippen molar-refractivity contribution in [2.45, 2.75) is 42.2 Å². The number of ether oxygens (including phenoxy) is 6. The van der Waals surface area contributed by atoms with Gasteiger partial charge in [0.15, 0.2) is 23.7 Å². The Morgan fingerprint density at radius 3 is 2.50 bits per heavy atom. The van der Waals surface area contributed by atoms with E-state index >= 15 is 0 Å². The molecule has 0 spiro atoms. The van der Waals surface area contributed by atoms with Gasteiger partial charge in [-0.1, -0.05) is 6.07 Å². The van der Waals surface area contributed by atoms with Gasteiger partial charge in [0.05, 0.1) is 26.7 Å². The molecule has 36 heavy (non-hydrogen) atoms. The molecule has 0 aliphatic carbocycles. The fourth-order valence-electron chi connectivity index (χ4n) is 4.90. The molecule has 3 aliphatic rings. The van der Waals surface area contributed by atoms with Crippen LogP contribution in [-0.4, -0.2) is 89.1 Å². The number of benzene rings is 2. The molecule has 0 aromatic heterocycles. The van der Waals surface area contributed by atoms with Gasteiger partial charge in [-0.25, -0.2) is 4.79 Å². The van der Waals surface area contributed by atoms with Gasteiger partial charge in [0, 0.05) is 17.2 Å². The number of carboxylic acids is 1. The number of carboxylic acid groups (broad SMARTS) is 1. The summed E-state index contributed by atoms with van der Waals surface area (Å²) < 4.78 is 34.0. The van der Waals surface area contributed by atoms with Crippen molar-refractivity contribution < 1.29 is 58.7 Å². The molecule has 2 aromatic rings. The average molecular weight is 506 g/mol. The molecule has 12 nitrogen and oxygen atoms in total. The fourth-order valence-corrected chi connectivity index (χ4v) is 4.90. The maximum atomic E-state index is 11.5. The van der Waals surface area contributed by atoms with Gasteiger partial charge in [0.1, 0.15) is 36.4 Å². The summed E-state index contributed by atoms with van der Waals surface area (Å²) in [6.07, 6.45) is -8.16. The van der Waals surface area contributed by atoms with Crippen LogP contribution < -0.4 is 23.7 Å². The number of carbonyl (C=O) groups is 1. The maximum absolute atomic E-state index is 11.5. The first-order valence-corrected chi connectivity index (χ1v) is 11.2. The highest BCUT2D eigenvalue weighted by Crippen LogP contribution is 2.56. The summed E-state index contributed by atoms with van der Waals surface area (Å²) in [7, 11) is 3.07. The molecule has 12 heteroatoms. The van der Waals surface area contributed by atoms with Crippen LogP contribution in [0.5, 0.6) is 28.7 Å². The summed E-state index contributed by atoms with van der Waals surface area (Å²) in [5.74, 6) is -2.02. The van der Waals surface area contributed by atoms with Crippen molar-refractivity contribution in [1.29, 1.82) is 0 Å². The third-order valence-electron chi connectivity index (χ3n) is 6.77. The molecule has 3 heterocycles.